The normalized spacial score (nSPS) is 15.3. The fourth-order valence-electron chi connectivity index (χ4n) is 4.52. The summed E-state index contributed by atoms with van der Waals surface area (Å²) in [5, 5.41) is 9.29. The Morgan fingerprint density at radius 3 is 2.48 bits per heavy atom. The summed E-state index contributed by atoms with van der Waals surface area (Å²) in [6.45, 7) is 5.20. The zero-order chi connectivity index (χ0) is 29.7. The summed E-state index contributed by atoms with van der Waals surface area (Å²) in [6.07, 6.45) is -4.66. The zero-order valence-electron chi connectivity index (χ0n) is 22.2. The van der Waals surface area contributed by atoms with Crippen LogP contribution in [0.5, 0.6) is 0 Å². The molecule has 0 unspecified atom stereocenters. The van der Waals surface area contributed by atoms with Crippen LogP contribution in [-0.2, 0) is 26.2 Å². The molecule has 3 aromatic rings. The average Bonchev–Trinajstić information content (AvgIpc) is 3.16. The first kappa shape index (κ1) is 29.4. The van der Waals surface area contributed by atoms with Gasteiger partial charge < -0.3 is 15.5 Å². The highest BCUT2D eigenvalue weighted by Gasteiger charge is 2.36. The smallest absolute Gasteiger partial charge is 0.354 e. The number of benzene rings is 1. The molecule has 1 aliphatic heterocycles. The first-order valence-corrected chi connectivity index (χ1v) is 12.9. The van der Waals surface area contributed by atoms with E-state index in [9.17, 15) is 27.6 Å². The van der Waals surface area contributed by atoms with Gasteiger partial charge >= 0.3 is 6.18 Å². The predicted molar refractivity (Wildman–Crippen MR) is 143 cm³/mol. The van der Waals surface area contributed by atoms with Crippen molar-refractivity contribution >= 4 is 41.0 Å². The minimum absolute atomic E-state index is 0.00165. The summed E-state index contributed by atoms with van der Waals surface area (Å²) in [5.41, 5.74) is -1.19. The molecule has 0 saturated carbocycles. The van der Waals surface area contributed by atoms with Gasteiger partial charge in [0.05, 0.1) is 22.8 Å². The Morgan fingerprint density at radius 2 is 1.88 bits per heavy atom. The Bertz CT molecular complexity index is 1570. The van der Waals surface area contributed by atoms with Crippen LogP contribution in [0.1, 0.15) is 58.4 Å². The van der Waals surface area contributed by atoms with Gasteiger partial charge in [0, 0.05) is 37.3 Å². The molecule has 0 aliphatic carbocycles. The van der Waals surface area contributed by atoms with Crippen LogP contribution in [0.4, 0.5) is 19.1 Å². The van der Waals surface area contributed by atoms with Gasteiger partial charge in [-0.2, -0.15) is 18.3 Å². The fourth-order valence-corrected chi connectivity index (χ4v) is 5.07. The Hall–Kier alpha value is -3.58. The highest BCUT2D eigenvalue weighted by Crippen LogP contribution is 2.36. The van der Waals surface area contributed by atoms with Gasteiger partial charge in [-0.15, -0.1) is 0 Å². The second-order valence-corrected chi connectivity index (χ2v) is 10.5. The number of hydrogen-bond donors (Lipinski definition) is 2. The number of carbonyl (C=O) groups excluding carboxylic acids is 2. The molecule has 0 fully saturated rings. The number of alkyl halides is 3. The highest BCUT2D eigenvalue weighted by atomic mass is 35.5. The fraction of sp³-hybridized carbons (Fsp3) is 0.400. The van der Waals surface area contributed by atoms with Crippen LogP contribution in [0.15, 0.2) is 23.0 Å². The Kier molecular flexibility index (Phi) is 7.92. The molecule has 0 spiro atoms. The van der Waals surface area contributed by atoms with Gasteiger partial charge in [-0.3, -0.25) is 19.1 Å². The number of nitrogens with one attached hydrogen (secondary N) is 2. The van der Waals surface area contributed by atoms with Crippen molar-refractivity contribution < 1.29 is 22.8 Å². The number of hydrogen-bond acceptors (Lipinski definition) is 6. The molecule has 2 amide bonds. The minimum Gasteiger partial charge on any atom is -0.354 e. The summed E-state index contributed by atoms with van der Waals surface area (Å²) >= 11 is 12.2. The minimum atomic E-state index is -4.73. The second kappa shape index (κ2) is 10.8. The molecule has 0 radical (unpaired) electrons. The summed E-state index contributed by atoms with van der Waals surface area (Å²) in [5.74, 6) is -1.08. The molecule has 10 nitrogen and oxygen atoms in total. The maximum absolute atomic E-state index is 13.8. The maximum atomic E-state index is 13.8. The number of nitrogens with zero attached hydrogens (tertiary/aromatic N) is 5. The Morgan fingerprint density at radius 1 is 1.20 bits per heavy atom. The molecule has 4 rings (SSSR count). The molecular weight excluding hydrogens is 574 g/mol. The molecule has 15 heteroatoms. The second-order valence-electron chi connectivity index (χ2n) is 9.67. The molecule has 2 aromatic heterocycles. The van der Waals surface area contributed by atoms with Gasteiger partial charge in [0.2, 0.25) is 5.95 Å². The van der Waals surface area contributed by atoms with Gasteiger partial charge in [0.25, 0.3) is 17.4 Å². The lowest BCUT2D eigenvalue weighted by atomic mass is 9.98. The van der Waals surface area contributed by atoms with Crippen molar-refractivity contribution in [3.05, 3.63) is 66.7 Å². The number of aryl methyl sites for hydroxylation is 1. The largest absolute Gasteiger partial charge is 0.417 e. The van der Waals surface area contributed by atoms with Crippen molar-refractivity contribution in [1.29, 1.82) is 0 Å². The van der Waals surface area contributed by atoms with Crippen LogP contribution in [0.3, 0.4) is 0 Å². The van der Waals surface area contributed by atoms with E-state index in [-0.39, 0.29) is 52.7 Å². The molecule has 0 bridgehead atoms. The van der Waals surface area contributed by atoms with E-state index < -0.39 is 40.2 Å². The maximum Gasteiger partial charge on any atom is 0.417 e. The molecule has 1 aromatic carbocycles. The third-order valence-corrected chi connectivity index (χ3v) is 7.12. The SMILES string of the molecule is CNC(=O)c1c(Cl)c(-n2c(NC(C)C)nc3c(c2=O)C[C@@H](C)N(C(=O)c2ccc(Cl)c(C(F)(F)F)c2)C3)nn1C. The molecular formula is C25H26Cl2F3N7O3. The predicted octanol–water partition coefficient (Wildman–Crippen LogP) is 4.06. The van der Waals surface area contributed by atoms with Crippen LogP contribution in [-0.4, -0.2) is 55.2 Å². The monoisotopic (exact) mass is 599 g/mol. The third-order valence-electron chi connectivity index (χ3n) is 6.44. The first-order valence-electron chi connectivity index (χ1n) is 12.2. The lowest BCUT2D eigenvalue weighted by molar-refractivity contribution is -0.137. The number of amides is 2. The number of aromatic nitrogens is 4. The lowest BCUT2D eigenvalue weighted by Crippen LogP contribution is -2.46. The van der Waals surface area contributed by atoms with Gasteiger partial charge in [0.15, 0.2) is 5.82 Å². The zero-order valence-corrected chi connectivity index (χ0v) is 23.7. The van der Waals surface area contributed by atoms with Crippen molar-refractivity contribution in [3.63, 3.8) is 0 Å². The van der Waals surface area contributed by atoms with Crippen molar-refractivity contribution in [2.24, 2.45) is 7.05 Å². The molecule has 0 saturated heterocycles. The van der Waals surface area contributed by atoms with Crippen LogP contribution in [0, 0.1) is 0 Å². The van der Waals surface area contributed by atoms with E-state index in [0.29, 0.717) is 5.56 Å². The van der Waals surface area contributed by atoms with E-state index in [1.807, 2.05) is 13.8 Å². The number of anilines is 1. The number of halogens is 5. The van der Waals surface area contributed by atoms with Crippen LogP contribution in [0.25, 0.3) is 5.82 Å². The molecule has 1 atom stereocenters. The van der Waals surface area contributed by atoms with Crippen molar-refractivity contribution in [2.75, 3.05) is 12.4 Å². The van der Waals surface area contributed by atoms with Crippen LogP contribution >= 0.6 is 23.2 Å². The average molecular weight is 600 g/mol. The van der Waals surface area contributed by atoms with Crippen molar-refractivity contribution in [2.45, 2.75) is 52.0 Å². The standard InChI is InChI=1S/C25H26Cl2F3N7O3/c1-11(2)32-24-33-17-10-36(22(39)13-6-7-16(26)15(9-13)25(28,29)30)12(3)8-14(17)23(40)37(24)20-18(27)19(21(38)31-4)35(5)34-20/h6-7,9,11-12H,8,10H2,1-5H3,(H,31,38)(H,32,33)/t12-/m1/s1. The van der Waals surface area contributed by atoms with Gasteiger partial charge in [-0.25, -0.2) is 9.55 Å². The van der Waals surface area contributed by atoms with E-state index in [0.717, 1.165) is 12.1 Å². The van der Waals surface area contributed by atoms with E-state index in [1.165, 1.54) is 34.3 Å². The van der Waals surface area contributed by atoms with Gasteiger partial charge in [-0.05, 0) is 45.4 Å². The third kappa shape index (κ3) is 5.27. The van der Waals surface area contributed by atoms with Crippen LogP contribution in [0.2, 0.25) is 10.0 Å². The van der Waals surface area contributed by atoms with Crippen molar-refractivity contribution in [3.8, 4) is 5.82 Å². The summed E-state index contributed by atoms with van der Waals surface area (Å²) in [7, 11) is 2.95. The number of rotatable bonds is 5. The Balaban J connectivity index is 1.81. The highest BCUT2D eigenvalue weighted by molar-refractivity contribution is 6.35. The molecule has 40 heavy (non-hydrogen) atoms. The van der Waals surface area contributed by atoms with E-state index in [1.54, 1.807) is 6.92 Å². The number of carbonyl (C=O) groups is 2. The van der Waals surface area contributed by atoms with Crippen LogP contribution < -0.4 is 16.2 Å². The lowest BCUT2D eigenvalue weighted by Gasteiger charge is -2.34. The Labute approximate surface area is 237 Å². The first-order chi connectivity index (χ1) is 18.6. The van der Waals surface area contributed by atoms with E-state index in [4.69, 9.17) is 23.2 Å². The molecule has 1 aliphatic rings. The summed E-state index contributed by atoms with van der Waals surface area (Å²) < 4.78 is 42.6. The molecule has 3 heterocycles. The summed E-state index contributed by atoms with van der Waals surface area (Å²) in [4.78, 5) is 45.5. The van der Waals surface area contributed by atoms with Gasteiger partial charge in [-0.1, -0.05) is 23.2 Å². The quantitative estimate of drug-likeness (QED) is 0.457. The molecule has 2 N–H and O–H groups in total. The summed E-state index contributed by atoms with van der Waals surface area (Å²) in [6, 6.07) is 2.24. The van der Waals surface area contributed by atoms with E-state index >= 15 is 0 Å². The molecule has 214 valence electrons. The van der Waals surface area contributed by atoms with Crippen molar-refractivity contribution in [1.82, 2.24) is 29.5 Å². The topological polar surface area (TPSA) is 114 Å². The number of fused-ring (bicyclic) bond motifs is 1. The van der Waals surface area contributed by atoms with Gasteiger partial charge in [0.1, 0.15) is 10.7 Å². The van der Waals surface area contributed by atoms with E-state index in [2.05, 4.69) is 20.7 Å².